The Morgan fingerprint density at radius 1 is 1.04 bits per heavy atom. The molecule has 0 aromatic heterocycles. The molecule has 0 bridgehead atoms. The van der Waals surface area contributed by atoms with Crippen molar-refractivity contribution in [2.24, 2.45) is 0 Å². The third-order valence-corrected chi connectivity index (χ3v) is 4.56. The highest BCUT2D eigenvalue weighted by atomic mass is 16.5. The van der Waals surface area contributed by atoms with E-state index in [-0.39, 0.29) is 0 Å². The first-order valence-electron chi connectivity index (χ1n) is 8.60. The van der Waals surface area contributed by atoms with Crippen molar-refractivity contribution in [3.63, 3.8) is 0 Å². The van der Waals surface area contributed by atoms with Crippen molar-refractivity contribution in [3.8, 4) is 5.75 Å². The van der Waals surface area contributed by atoms with E-state index in [4.69, 9.17) is 14.2 Å². The maximum absolute atomic E-state index is 6.07. The normalized spacial score (nSPS) is 24.3. The summed E-state index contributed by atoms with van der Waals surface area (Å²) in [4.78, 5) is 4.98. The van der Waals surface area contributed by atoms with Gasteiger partial charge in [-0.3, -0.25) is 9.80 Å². The molecule has 0 unspecified atom stereocenters. The molecule has 0 aliphatic carbocycles. The van der Waals surface area contributed by atoms with E-state index < -0.39 is 0 Å². The topological polar surface area (TPSA) is 34.2 Å². The second-order valence-corrected chi connectivity index (χ2v) is 6.34. The van der Waals surface area contributed by atoms with E-state index >= 15 is 0 Å². The van der Waals surface area contributed by atoms with Gasteiger partial charge in [0.05, 0.1) is 26.4 Å². The monoisotopic (exact) mass is 320 g/mol. The van der Waals surface area contributed by atoms with Crippen LogP contribution in [0.25, 0.3) is 0 Å². The molecule has 0 radical (unpaired) electrons. The summed E-state index contributed by atoms with van der Waals surface area (Å²) in [6, 6.07) is 8.38. The van der Waals surface area contributed by atoms with Gasteiger partial charge < -0.3 is 14.2 Å². The van der Waals surface area contributed by atoms with Crippen molar-refractivity contribution < 1.29 is 14.2 Å². The van der Waals surface area contributed by atoms with Gasteiger partial charge in [0, 0.05) is 45.9 Å². The van der Waals surface area contributed by atoms with Crippen molar-refractivity contribution in [1.82, 2.24) is 9.80 Å². The molecule has 2 aliphatic rings. The first-order valence-corrected chi connectivity index (χ1v) is 8.60. The van der Waals surface area contributed by atoms with Gasteiger partial charge in [0.1, 0.15) is 5.75 Å². The largest absolute Gasteiger partial charge is 0.497 e. The lowest BCUT2D eigenvalue weighted by molar-refractivity contribution is -0.0122. The molecule has 2 fully saturated rings. The number of ether oxygens (including phenoxy) is 3. The van der Waals surface area contributed by atoms with Gasteiger partial charge in [-0.25, -0.2) is 0 Å². The lowest BCUT2D eigenvalue weighted by Crippen LogP contribution is -2.44. The summed E-state index contributed by atoms with van der Waals surface area (Å²) in [7, 11) is 1.71. The molecule has 0 spiro atoms. The van der Waals surface area contributed by atoms with Crippen molar-refractivity contribution in [3.05, 3.63) is 29.8 Å². The Bertz CT molecular complexity index is 460. The molecule has 0 amide bonds. The van der Waals surface area contributed by atoms with E-state index in [1.54, 1.807) is 7.11 Å². The molecule has 5 heteroatoms. The van der Waals surface area contributed by atoms with Crippen LogP contribution in [-0.4, -0.2) is 75.6 Å². The van der Waals surface area contributed by atoms with Crippen LogP contribution in [0.4, 0.5) is 0 Å². The van der Waals surface area contributed by atoms with Crippen molar-refractivity contribution >= 4 is 0 Å². The SMILES string of the molecule is COc1ccc(CN2CCCO[C@@H](CN3CCOCC3)C2)cc1. The van der Waals surface area contributed by atoms with Crippen LogP contribution in [0.3, 0.4) is 0 Å². The van der Waals surface area contributed by atoms with E-state index in [1.807, 2.05) is 12.1 Å². The highest BCUT2D eigenvalue weighted by molar-refractivity contribution is 5.27. The Kier molecular flexibility index (Phi) is 6.28. The van der Waals surface area contributed by atoms with E-state index in [0.717, 1.165) is 71.3 Å². The average Bonchev–Trinajstić information content (AvgIpc) is 2.81. The first kappa shape index (κ1) is 16.7. The minimum Gasteiger partial charge on any atom is -0.497 e. The Morgan fingerprint density at radius 3 is 2.57 bits per heavy atom. The molecule has 0 N–H and O–H groups in total. The zero-order valence-corrected chi connectivity index (χ0v) is 14.1. The van der Waals surface area contributed by atoms with Crippen LogP contribution < -0.4 is 4.74 Å². The van der Waals surface area contributed by atoms with E-state index in [2.05, 4.69) is 21.9 Å². The number of hydrogen-bond donors (Lipinski definition) is 0. The van der Waals surface area contributed by atoms with Crippen LogP contribution in [-0.2, 0) is 16.0 Å². The van der Waals surface area contributed by atoms with E-state index in [0.29, 0.717) is 6.10 Å². The van der Waals surface area contributed by atoms with Gasteiger partial charge in [-0.2, -0.15) is 0 Å². The lowest BCUT2D eigenvalue weighted by atomic mass is 10.2. The van der Waals surface area contributed by atoms with E-state index in [1.165, 1.54) is 5.56 Å². The van der Waals surface area contributed by atoms with Crippen LogP contribution in [0, 0.1) is 0 Å². The second-order valence-electron chi connectivity index (χ2n) is 6.34. The number of hydrogen-bond acceptors (Lipinski definition) is 5. The molecule has 1 atom stereocenters. The summed E-state index contributed by atoms with van der Waals surface area (Å²) < 4.78 is 16.7. The Balaban J connectivity index is 1.53. The van der Waals surface area contributed by atoms with Crippen LogP contribution in [0.1, 0.15) is 12.0 Å². The highest BCUT2D eigenvalue weighted by Crippen LogP contribution is 2.15. The standard InChI is InChI=1S/C18H28N2O3/c1-21-17-5-3-16(4-6-17)13-20-7-2-10-23-18(15-20)14-19-8-11-22-12-9-19/h3-6,18H,2,7-15H2,1H3/t18-/m0/s1. The molecule has 1 aromatic rings. The molecule has 23 heavy (non-hydrogen) atoms. The summed E-state index contributed by atoms with van der Waals surface area (Å²) in [6.45, 7) is 8.72. The van der Waals surface area contributed by atoms with Gasteiger partial charge in [-0.05, 0) is 24.1 Å². The van der Waals surface area contributed by atoms with Gasteiger partial charge in [0.2, 0.25) is 0 Å². The number of nitrogens with zero attached hydrogens (tertiary/aromatic N) is 2. The zero-order chi connectivity index (χ0) is 15.9. The van der Waals surface area contributed by atoms with Crippen molar-refractivity contribution in [2.45, 2.75) is 19.1 Å². The fourth-order valence-corrected chi connectivity index (χ4v) is 3.29. The van der Waals surface area contributed by atoms with Gasteiger partial charge in [-0.15, -0.1) is 0 Å². The maximum Gasteiger partial charge on any atom is 0.118 e. The molecule has 2 saturated heterocycles. The molecule has 3 rings (SSSR count). The Hall–Kier alpha value is -1.14. The van der Waals surface area contributed by atoms with Gasteiger partial charge in [0.25, 0.3) is 0 Å². The fourth-order valence-electron chi connectivity index (χ4n) is 3.29. The lowest BCUT2D eigenvalue weighted by Gasteiger charge is -2.31. The smallest absolute Gasteiger partial charge is 0.118 e. The Morgan fingerprint density at radius 2 is 1.83 bits per heavy atom. The number of benzene rings is 1. The third kappa shape index (κ3) is 5.18. The number of morpholine rings is 1. The molecule has 2 aliphatic heterocycles. The predicted molar refractivity (Wildman–Crippen MR) is 89.9 cm³/mol. The van der Waals surface area contributed by atoms with Crippen LogP contribution in [0.5, 0.6) is 5.75 Å². The summed E-state index contributed by atoms with van der Waals surface area (Å²) in [5.41, 5.74) is 1.33. The molecular weight excluding hydrogens is 292 g/mol. The molecule has 0 saturated carbocycles. The molecular formula is C18H28N2O3. The zero-order valence-electron chi connectivity index (χ0n) is 14.1. The maximum atomic E-state index is 6.07. The molecule has 128 valence electrons. The van der Waals surface area contributed by atoms with Crippen molar-refractivity contribution in [2.75, 3.05) is 59.7 Å². The fraction of sp³-hybridized carbons (Fsp3) is 0.667. The highest BCUT2D eigenvalue weighted by Gasteiger charge is 2.22. The minimum absolute atomic E-state index is 0.300. The average molecular weight is 320 g/mol. The van der Waals surface area contributed by atoms with Crippen molar-refractivity contribution in [1.29, 1.82) is 0 Å². The van der Waals surface area contributed by atoms with Crippen LogP contribution in [0.2, 0.25) is 0 Å². The van der Waals surface area contributed by atoms with Crippen LogP contribution >= 0.6 is 0 Å². The summed E-state index contributed by atoms with van der Waals surface area (Å²) in [5.74, 6) is 0.915. The summed E-state index contributed by atoms with van der Waals surface area (Å²) in [6.07, 6.45) is 1.41. The van der Waals surface area contributed by atoms with Gasteiger partial charge in [0.15, 0.2) is 0 Å². The van der Waals surface area contributed by atoms with E-state index in [9.17, 15) is 0 Å². The number of rotatable bonds is 5. The second kappa shape index (κ2) is 8.64. The quantitative estimate of drug-likeness (QED) is 0.823. The summed E-state index contributed by atoms with van der Waals surface area (Å²) in [5, 5.41) is 0. The predicted octanol–water partition coefficient (Wildman–Crippen LogP) is 1.62. The molecule has 5 nitrogen and oxygen atoms in total. The van der Waals surface area contributed by atoms with Gasteiger partial charge >= 0.3 is 0 Å². The number of methoxy groups -OCH3 is 1. The third-order valence-electron chi connectivity index (χ3n) is 4.56. The van der Waals surface area contributed by atoms with Gasteiger partial charge in [-0.1, -0.05) is 12.1 Å². The Labute approximate surface area is 139 Å². The summed E-state index contributed by atoms with van der Waals surface area (Å²) >= 11 is 0. The first-order chi connectivity index (χ1) is 11.3. The minimum atomic E-state index is 0.300. The molecule has 2 heterocycles. The molecule has 1 aromatic carbocycles. The van der Waals surface area contributed by atoms with Crippen LogP contribution in [0.15, 0.2) is 24.3 Å².